The van der Waals surface area contributed by atoms with Crippen LogP contribution in [0.1, 0.15) is 26.2 Å². The Morgan fingerprint density at radius 1 is 1.37 bits per heavy atom. The molecule has 1 aliphatic rings. The minimum absolute atomic E-state index is 0.0756. The Balaban J connectivity index is 2.12. The predicted molar refractivity (Wildman–Crippen MR) is 62.9 cm³/mol. The molecule has 1 fully saturated rings. The number of likely N-dealkylation sites (tertiary alicyclic amines) is 1. The average molecular weight is 283 g/mol. The van der Waals surface area contributed by atoms with E-state index in [1.807, 2.05) is 0 Å². The van der Waals surface area contributed by atoms with E-state index in [0.29, 0.717) is 38.9 Å². The number of alkyl halides is 3. The number of carboxylic acid groups (broad SMARTS) is 1. The van der Waals surface area contributed by atoms with Gasteiger partial charge in [-0.15, -0.1) is 0 Å². The molecule has 0 aromatic carbocycles. The van der Waals surface area contributed by atoms with Crippen LogP contribution in [0.3, 0.4) is 0 Å². The minimum Gasteiger partial charge on any atom is -0.481 e. The number of hydrogen-bond acceptors (Lipinski definition) is 3. The second-order valence-electron chi connectivity index (χ2n) is 5.23. The van der Waals surface area contributed by atoms with Gasteiger partial charge in [-0.1, -0.05) is 0 Å². The van der Waals surface area contributed by atoms with Crippen LogP contribution in [0, 0.1) is 5.41 Å². The zero-order chi connectivity index (χ0) is 14.5. The third-order valence-electron chi connectivity index (χ3n) is 3.50. The van der Waals surface area contributed by atoms with Gasteiger partial charge in [0.1, 0.15) is 6.61 Å². The molecule has 0 atom stereocenters. The van der Waals surface area contributed by atoms with Gasteiger partial charge in [-0.3, -0.25) is 4.79 Å². The summed E-state index contributed by atoms with van der Waals surface area (Å²) in [6, 6.07) is 0. The third-order valence-corrected chi connectivity index (χ3v) is 3.50. The Morgan fingerprint density at radius 2 is 1.95 bits per heavy atom. The topological polar surface area (TPSA) is 49.8 Å². The van der Waals surface area contributed by atoms with Crippen LogP contribution in [0.15, 0.2) is 0 Å². The highest BCUT2D eigenvalue weighted by molar-refractivity contribution is 5.74. The Hall–Kier alpha value is -0.820. The summed E-state index contributed by atoms with van der Waals surface area (Å²) in [6.45, 7) is 2.59. The molecule has 1 N–H and O–H groups in total. The zero-order valence-electron chi connectivity index (χ0n) is 11.0. The van der Waals surface area contributed by atoms with Gasteiger partial charge in [-0.05, 0) is 39.3 Å². The highest BCUT2D eigenvalue weighted by atomic mass is 19.4. The van der Waals surface area contributed by atoms with E-state index in [2.05, 4.69) is 9.64 Å². The van der Waals surface area contributed by atoms with Crippen molar-refractivity contribution in [2.45, 2.75) is 32.4 Å². The molecule has 0 aliphatic carbocycles. The molecule has 4 nitrogen and oxygen atoms in total. The van der Waals surface area contributed by atoms with Crippen molar-refractivity contribution in [2.24, 2.45) is 5.41 Å². The van der Waals surface area contributed by atoms with Gasteiger partial charge in [0.15, 0.2) is 0 Å². The van der Waals surface area contributed by atoms with Crippen LogP contribution in [0.2, 0.25) is 0 Å². The van der Waals surface area contributed by atoms with Crippen LogP contribution in [-0.4, -0.2) is 55.0 Å². The van der Waals surface area contributed by atoms with Gasteiger partial charge in [0, 0.05) is 13.2 Å². The van der Waals surface area contributed by atoms with Crippen LogP contribution in [0.25, 0.3) is 0 Å². The lowest BCUT2D eigenvalue weighted by molar-refractivity contribution is -0.174. The number of carboxylic acids is 1. The van der Waals surface area contributed by atoms with Gasteiger partial charge in [0.2, 0.25) is 0 Å². The number of hydrogen-bond donors (Lipinski definition) is 1. The van der Waals surface area contributed by atoms with Crippen molar-refractivity contribution < 1.29 is 27.8 Å². The number of halogens is 3. The van der Waals surface area contributed by atoms with Gasteiger partial charge in [-0.2, -0.15) is 13.2 Å². The van der Waals surface area contributed by atoms with E-state index < -0.39 is 24.2 Å². The quantitative estimate of drug-likeness (QED) is 0.759. The molecule has 1 saturated heterocycles. The summed E-state index contributed by atoms with van der Waals surface area (Å²) in [6.07, 6.45) is -2.59. The lowest BCUT2D eigenvalue weighted by Crippen LogP contribution is -2.43. The van der Waals surface area contributed by atoms with Crippen molar-refractivity contribution in [3.8, 4) is 0 Å². The van der Waals surface area contributed by atoms with Gasteiger partial charge >= 0.3 is 12.1 Å². The van der Waals surface area contributed by atoms with Crippen molar-refractivity contribution in [1.29, 1.82) is 0 Å². The van der Waals surface area contributed by atoms with Crippen molar-refractivity contribution >= 4 is 5.97 Å². The van der Waals surface area contributed by atoms with E-state index >= 15 is 0 Å². The summed E-state index contributed by atoms with van der Waals surface area (Å²) < 4.78 is 39.9. The van der Waals surface area contributed by atoms with Crippen LogP contribution in [-0.2, 0) is 9.53 Å². The first kappa shape index (κ1) is 16.2. The van der Waals surface area contributed by atoms with Crippen molar-refractivity contribution in [2.75, 3.05) is 32.8 Å². The van der Waals surface area contributed by atoms with Crippen LogP contribution in [0.4, 0.5) is 13.2 Å². The third kappa shape index (κ3) is 5.78. The SMILES string of the molecule is CC1(C(=O)O)CCN(CCCOCC(F)(F)F)CC1. The molecule has 1 heterocycles. The maximum absolute atomic E-state index is 11.8. The Morgan fingerprint density at radius 3 is 2.42 bits per heavy atom. The molecule has 7 heteroatoms. The minimum atomic E-state index is -4.27. The van der Waals surface area contributed by atoms with E-state index in [-0.39, 0.29) is 6.61 Å². The smallest absolute Gasteiger partial charge is 0.411 e. The van der Waals surface area contributed by atoms with E-state index in [4.69, 9.17) is 5.11 Å². The Bertz CT molecular complexity index is 299. The number of carbonyl (C=O) groups is 1. The molecule has 0 aromatic heterocycles. The fourth-order valence-electron chi connectivity index (χ4n) is 2.06. The lowest BCUT2D eigenvalue weighted by atomic mass is 9.80. The molecule has 19 heavy (non-hydrogen) atoms. The molecule has 0 saturated carbocycles. The second kappa shape index (κ2) is 6.56. The summed E-state index contributed by atoms with van der Waals surface area (Å²) in [5.74, 6) is -0.777. The highest BCUT2D eigenvalue weighted by Gasteiger charge is 2.36. The highest BCUT2D eigenvalue weighted by Crippen LogP contribution is 2.30. The normalized spacial score (nSPS) is 20.4. The largest absolute Gasteiger partial charge is 0.481 e. The first-order valence-corrected chi connectivity index (χ1v) is 6.33. The molecule has 0 amide bonds. The first-order chi connectivity index (χ1) is 8.73. The lowest BCUT2D eigenvalue weighted by Gasteiger charge is -2.36. The first-order valence-electron chi connectivity index (χ1n) is 6.33. The maximum atomic E-state index is 11.8. The summed E-state index contributed by atoms with van der Waals surface area (Å²) in [5, 5.41) is 9.06. The molecule has 1 rings (SSSR count). The fraction of sp³-hybridized carbons (Fsp3) is 0.917. The summed E-state index contributed by atoms with van der Waals surface area (Å²) in [4.78, 5) is 13.1. The molecule has 112 valence electrons. The fourth-order valence-corrected chi connectivity index (χ4v) is 2.06. The number of rotatable bonds is 6. The monoisotopic (exact) mass is 283 g/mol. The number of aliphatic carboxylic acids is 1. The van der Waals surface area contributed by atoms with Gasteiger partial charge in [-0.25, -0.2) is 0 Å². The molecular weight excluding hydrogens is 263 g/mol. The summed E-state index contributed by atoms with van der Waals surface area (Å²) in [7, 11) is 0. The molecule has 0 unspecified atom stereocenters. The molecule has 0 radical (unpaired) electrons. The maximum Gasteiger partial charge on any atom is 0.411 e. The van der Waals surface area contributed by atoms with Crippen molar-refractivity contribution in [3.05, 3.63) is 0 Å². The Kier molecular flexibility index (Phi) is 5.61. The number of nitrogens with zero attached hydrogens (tertiary/aromatic N) is 1. The summed E-state index contributed by atoms with van der Waals surface area (Å²) >= 11 is 0. The van der Waals surface area contributed by atoms with Crippen LogP contribution < -0.4 is 0 Å². The average Bonchev–Trinajstić information content (AvgIpc) is 2.29. The van der Waals surface area contributed by atoms with Crippen molar-refractivity contribution in [3.63, 3.8) is 0 Å². The molecule has 0 spiro atoms. The predicted octanol–water partition coefficient (Wildman–Crippen LogP) is 2.14. The van der Waals surface area contributed by atoms with E-state index in [0.717, 1.165) is 0 Å². The second-order valence-corrected chi connectivity index (χ2v) is 5.23. The van der Waals surface area contributed by atoms with E-state index in [1.54, 1.807) is 6.92 Å². The number of ether oxygens (including phenoxy) is 1. The van der Waals surface area contributed by atoms with E-state index in [1.165, 1.54) is 0 Å². The molecule has 1 aliphatic heterocycles. The Labute approximate surface area is 110 Å². The van der Waals surface area contributed by atoms with Gasteiger partial charge in [0.25, 0.3) is 0 Å². The van der Waals surface area contributed by atoms with Gasteiger partial charge in [0.05, 0.1) is 5.41 Å². The molecule has 0 bridgehead atoms. The zero-order valence-corrected chi connectivity index (χ0v) is 11.0. The number of piperidine rings is 1. The van der Waals surface area contributed by atoms with Gasteiger partial charge < -0.3 is 14.7 Å². The van der Waals surface area contributed by atoms with Crippen LogP contribution >= 0.6 is 0 Å². The molecular formula is C12H20F3NO3. The van der Waals surface area contributed by atoms with E-state index in [9.17, 15) is 18.0 Å². The van der Waals surface area contributed by atoms with Crippen molar-refractivity contribution in [1.82, 2.24) is 4.90 Å². The standard InChI is InChI=1S/C12H20F3NO3/c1-11(10(17)18)3-6-16(7-4-11)5-2-8-19-9-12(13,14)15/h2-9H2,1H3,(H,17,18). The molecule has 0 aromatic rings. The van der Waals surface area contributed by atoms with Crippen LogP contribution in [0.5, 0.6) is 0 Å². The summed E-state index contributed by atoms with van der Waals surface area (Å²) in [5.41, 5.74) is -0.663.